The number of carboxylic acid groups (broad SMARTS) is 1. The van der Waals surface area contributed by atoms with Crippen molar-refractivity contribution in [2.45, 2.75) is 39.3 Å². The highest BCUT2D eigenvalue weighted by molar-refractivity contribution is 6.30. The van der Waals surface area contributed by atoms with Gasteiger partial charge in [0.15, 0.2) is 0 Å². The quantitative estimate of drug-likeness (QED) is 0.664. The van der Waals surface area contributed by atoms with Crippen LogP contribution in [0.1, 0.15) is 31.9 Å². The summed E-state index contributed by atoms with van der Waals surface area (Å²) in [5.74, 6) is -1.41. The van der Waals surface area contributed by atoms with Gasteiger partial charge >= 0.3 is 6.18 Å². The number of benzene rings is 2. The second-order valence-corrected chi connectivity index (χ2v) is 8.59. The van der Waals surface area contributed by atoms with E-state index in [9.17, 15) is 23.1 Å². The van der Waals surface area contributed by atoms with E-state index in [0.29, 0.717) is 11.1 Å². The molecule has 0 amide bonds. The molecule has 0 bridgehead atoms. The van der Waals surface area contributed by atoms with E-state index in [-0.39, 0.29) is 0 Å². The molecule has 0 spiro atoms. The van der Waals surface area contributed by atoms with Gasteiger partial charge in [-0.1, -0.05) is 80.9 Å². The summed E-state index contributed by atoms with van der Waals surface area (Å²) in [6.07, 6.45) is -3.91. The van der Waals surface area contributed by atoms with Crippen molar-refractivity contribution in [2.75, 3.05) is 0 Å². The Hall–Kier alpha value is -2.27. The maximum Gasteiger partial charge on any atom is 0.426 e. The second kappa shape index (κ2) is 6.63. The standard InChI is InChI=1S/C23H22ClF3O2/c1-14-16(15-9-6-5-7-10-15)11-8-12-17(14)22(13-18(24)23(25,26)27)20(2,3)21(22,4)19(28)29/h5-13H,1-4H3,(H,28,29)/p-1/b18-13-. The zero-order valence-electron chi connectivity index (χ0n) is 16.5. The van der Waals surface area contributed by atoms with Crippen LogP contribution in [0, 0.1) is 17.8 Å². The van der Waals surface area contributed by atoms with Gasteiger partial charge in [-0.2, -0.15) is 13.2 Å². The number of halogens is 4. The summed E-state index contributed by atoms with van der Waals surface area (Å²) in [6, 6.07) is 14.7. The third-order valence-corrected chi connectivity index (χ3v) is 7.15. The predicted octanol–water partition coefficient (Wildman–Crippen LogP) is 5.38. The average molecular weight is 422 g/mol. The van der Waals surface area contributed by atoms with Crippen LogP contribution in [-0.4, -0.2) is 12.1 Å². The predicted molar refractivity (Wildman–Crippen MR) is 105 cm³/mol. The molecule has 2 aromatic rings. The normalized spacial score (nSPS) is 26.3. The van der Waals surface area contributed by atoms with E-state index in [0.717, 1.165) is 17.2 Å². The molecule has 3 rings (SSSR count). The molecule has 0 aromatic heterocycles. The minimum absolute atomic E-state index is 0.498. The molecule has 29 heavy (non-hydrogen) atoms. The lowest BCUT2D eigenvalue weighted by atomic mass is 9.80. The maximum atomic E-state index is 13.3. The summed E-state index contributed by atoms with van der Waals surface area (Å²) in [5.41, 5.74) is -1.17. The van der Waals surface area contributed by atoms with Gasteiger partial charge in [0.1, 0.15) is 5.03 Å². The first-order valence-corrected chi connectivity index (χ1v) is 9.52. The first-order valence-electron chi connectivity index (χ1n) is 9.15. The summed E-state index contributed by atoms with van der Waals surface area (Å²) in [6.45, 7) is 6.48. The highest BCUT2D eigenvalue weighted by Gasteiger charge is 2.80. The lowest BCUT2D eigenvalue weighted by Crippen LogP contribution is -2.36. The summed E-state index contributed by atoms with van der Waals surface area (Å²) in [5, 5.41) is 10.8. The largest absolute Gasteiger partial charge is 0.549 e. The molecular weight excluding hydrogens is 401 g/mol. The molecular formula is C23H21ClF3O2-. The van der Waals surface area contributed by atoms with Crippen molar-refractivity contribution in [3.63, 3.8) is 0 Å². The number of aliphatic carboxylic acids is 1. The van der Waals surface area contributed by atoms with Crippen LogP contribution >= 0.6 is 11.6 Å². The Morgan fingerprint density at radius 1 is 1.03 bits per heavy atom. The van der Waals surface area contributed by atoms with Crippen LogP contribution in [0.15, 0.2) is 59.6 Å². The molecule has 0 heterocycles. The third-order valence-electron chi connectivity index (χ3n) is 6.83. The number of hydrogen-bond donors (Lipinski definition) is 0. The van der Waals surface area contributed by atoms with Crippen molar-refractivity contribution in [1.82, 2.24) is 0 Å². The molecule has 0 saturated heterocycles. The number of carbonyl (C=O) groups excluding carboxylic acids is 1. The van der Waals surface area contributed by atoms with E-state index in [1.807, 2.05) is 36.4 Å². The topological polar surface area (TPSA) is 40.1 Å². The second-order valence-electron chi connectivity index (χ2n) is 8.18. The average Bonchev–Trinajstić information content (AvgIpc) is 3.04. The van der Waals surface area contributed by atoms with Crippen molar-refractivity contribution in [3.8, 4) is 11.1 Å². The number of allylic oxidation sites excluding steroid dienone is 2. The molecule has 0 aliphatic heterocycles. The molecule has 0 radical (unpaired) electrons. The summed E-state index contributed by atoms with van der Waals surface area (Å²) in [4.78, 5) is 12.1. The van der Waals surface area contributed by atoms with Gasteiger partial charge in [0.2, 0.25) is 0 Å². The number of rotatable bonds is 4. The van der Waals surface area contributed by atoms with Gasteiger partial charge in [0.05, 0.1) is 0 Å². The Morgan fingerprint density at radius 2 is 1.62 bits per heavy atom. The molecule has 1 aliphatic rings. The fourth-order valence-corrected chi connectivity index (χ4v) is 4.99. The van der Waals surface area contributed by atoms with Crippen LogP contribution < -0.4 is 5.11 Å². The smallest absolute Gasteiger partial charge is 0.426 e. The highest BCUT2D eigenvalue weighted by Crippen LogP contribution is 2.79. The Kier molecular flexibility index (Phi) is 4.90. The first kappa shape index (κ1) is 21.4. The Labute approximate surface area is 173 Å². The SMILES string of the molecule is Cc1c(-c2ccccc2)cccc1C1(/C=C(\Cl)C(F)(F)F)C(C)(C)C1(C)C(=O)[O-]. The van der Waals surface area contributed by atoms with E-state index < -0.39 is 33.4 Å². The van der Waals surface area contributed by atoms with Gasteiger partial charge in [0, 0.05) is 16.8 Å². The fourth-order valence-electron chi connectivity index (χ4n) is 4.82. The van der Waals surface area contributed by atoms with Gasteiger partial charge in [-0.05, 0) is 40.7 Å². The lowest BCUT2D eigenvalue weighted by molar-refractivity contribution is -0.314. The van der Waals surface area contributed by atoms with E-state index in [2.05, 4.69) is 0 Å². The van der Waals surface area contributed by atoms with Gasteiger partial charge in [-0.15, -0.1) is 0 Å². The highest BCUT2D eigenvalue weighted by atomic mass is 35.5. The monoisotopic (exact) mass is 421 g/mol. The van der Waals surface area contributed by atoms with Crippen LogP contribution in [-0.2, 0) is 10.2 Å². The number of carboxylic acids is 1. The van der Waals surface area contributed by atoms with Gasteiger partial charge < -0.3 is 9.90 Å². The summed E-state index contributed by atoms with van der Waals surface area (Å²) >= 11 is 5.62. The molecule has 154 valence electrons. The summed E-state index contributed by atoms with van der Waals surface area (Å²) < 4.78 is 39.9. The van der Waals surface area contributed by atoms with Gasteiger partial charge in [-0.3, -0.25) is 0 Å². The molecule has 2 unspecified atom stereocenters. The molecule has 1 aliphatic carbocycles. The van der Waals surface area contributed by atoms with Crippen molar-refractivity contribution < 1.29 is 23.1 Å². The fraction of sp³-hybridized carbons (Fsp3) is 0.348. The lowest BCUT2D eigenvalue weighted by Gasteiger charge is -2.25. The molecule has 6 heteroatoms. The van der Waals surface area contributed by atoms with E-state index in [4.69, 9.17) is 11.6 Å². The molecule has 2 nitrogen and oxygen atoms in total. The number of alkyl halides is 3. The minimum Gasteiger partial charge on any atom is -0.549 e. The van der Waals surface area contributed by atoms with Crippen LogP contribution in [0.4, 0.5) is 13.2 Å². The van der Waals surface area contributed by atoms with E-state index in [1.54, 1.807) is 32.9 Å². The van der Waals surface area contributed by atoms with Crippen molar-refractivity contribution >= 4 is 17.6 Å². The molecule has 1 saturated carbocycles. The van der Waals surface area contributed by atoms with Crippen molar-refractivity contribution in [3.05, 3.63) is 70.8 Å². The van der Waals surface area contributed by atoms with Crippen molar-refractivity contribution in [1.29, 1.82) is 0 Å². The Morgan fingerprint density at radius 3 is 2.10 bits per heavy atom. The third kappa shape index (κ3) is 2.82. The molecule has 0 N–H and O–H groups in total. The van der Waals surface area contributed by atoms with Gasteiger partial charge in [0.25, 0.3) is 0 Å². The first-order chi connectivity index (χ1) is 13.3. The number of hydrogen-bond acceptors (Lipinski definition) is 2. The van der Waals surface area contributed by atoms with Crippen LogP contribution in [0.2, 0.25) is 0 Å². The van der Waals surface area contributed by atoms with E-state index >= 15 is 0 Å². The zero-order chi connectivity index (χ0) is 21.8. The van der Waals surface area contributed by atoms with Crippen LogP contribution in [0.5, 0.6) is 0 Å². The molecule has 2 atom stereocenters. The molecule has 1 fully saturated rings. The Balaban J connectivity index is 2.33. The van der Waals surface area contributed by atoms with E-state index in [1.165, 1.54) is 6.92 Å². The molecule has 2 aromatic carbocycles. The maximum absolute atomic E-state index is 13.3. The van der Waals surface area contributed by atoms with Crippen molar-refractivity contribution in [2.24, 2.45) is 10.8 Å². The number of carbonyl (C=O) groups is 1. The minimum atomic E-state index is -4.77. The summed E-state index contributed by atoms with van der Waals surface area (Å²) in [7, 11) is 0. The van der Waals surface area contributed by atoms with Crippen LogP contribution in [0.25, 0.3) is 11.1 Å². The van der Waals surface area contributed by atoms with Crippen LogP contribution in [0.3, 0.4) is 0 Å². The van der Waals surface area contributed by atoms with Gasteiger partial charge in [-0.25, -0.2) is 0 Å². The zero-order valence-corrected chi connectivity index (χ0v) is 17.3. The Bertz CT molecular complexity index is 995.